The molecular weight excluding hydrogens is 280 g/mol. The van der Waals surface area contributed by atoms with E-state index in [-0.39, 0.29) is 12.0 Å². The van der Waals surface area contributed by atoms with Crippen molar-refractivity contribution < 1.29 is 9.53 Å². The minimum atomic E-state index is -0.305. The molecule has 122 valence electrons. The van der Waals surface area contributed by atoms with E-state index in [0.29, 0.717) is 13.2 Å². The standard InChI is InChI=1S/C16H26N4O2/c1-18-14(6-7-17-18)12-19-10-11-22-15(13-19)16(21)20-8-4-2-3-5-9-20/h6-7,15H,2-5,8-13H2,1H3. The molecule has 1 amide bonds. The first-order valence-corrected chi connectivity index (χ1v) is 8.33. The molecule has 3 heterocycles. The third-order valence-electron chi connectivity index (χ3n) is 4.65. The van der Waals surface area contributed by atoms with E-state index in [2.05, 4.69) is 10.00 Å². The van der Waals surface area contributed by atoms with Gasteiger partial charge < -0.3 is 9.64 Å². The maximum Gasteiger partial charge on any atom is 0.253 e. The van der Waals surface area contributed by atoms with Crippen molar-refractivity contribution >= 4 is 5.91 Å². The van der Waals surface area contributed by atoms with Crippen molar-refractivity contribution in [3.8, 4) is 0 Å². The van der Waals surface area contributed by atoms with Crippen LogP contribution in [-0.4, -0.2) is 64.4 Å². The highest BCUT2D eigenvalue weighted by atomic mass is 16.5. The van der Waals surface area contributed by atoms with E-state index in [4.69, 9.17) is 4.74 Å². The zero-order valence-corrected chi connectivity index (χ0v) is 13.4. The van der Waals surface area contributed by atoms with Crippen molar-refractivity contribution in [1.29, 1.82) is 0 Å². The molecule has 0 aliphatic carbocycles. The number of likely N-dealkylation sites (tertiary alicyclic amines) is 1. The molecule has 3 rings (SSSR count). The predicted octanol–water partition coefficient (Wildman–Crippen LogP) is 1.02. The lowest BCUT2D eigenvalue weighted by Gasteiger charge is -2.34. The summed E-state index contributed by atoms with van der Waals surface area (Å²) in [6.07, 6.45) is 6.23. The summed E-state index contributed by atoms with van der Waals surface area (Å²) in [5.74, 6) is 0.177. The molecule has 0 radical (unpaired) electrons. The highest BCUT2D eigenvalue weighted by Gasteiger charge is 2.30. The Balaban J connectivity index is 1.57. The third kappa shape index (κ3) is 3.67. The number of rotatable bonds is 3. The van der Waals surface area contributed by atoms with Gasteiger partial charge in [-0.15, -0.1) is 0 Å². The summed E-state index contributed by atoms with van der Waals surface area (Å²) < 4.78 is 7.65. The number of carbonyl (C=O) groups is 1. The van der Waals surface area contributed by atoms with Crippen LogP contribution in [0.2, 0.25) is 0 Å². The highest BCUT2D eigenvalue weighted by molar-refractivity contribution is 5.81. The fraction of sp³-hybridized carbons (Fsp3) is 0.750. The van der Waals surface area contributed by atoms with Crippen LogP contribution >= 0.6 is 0 Å². The van der Waals surface area contributed by atoms with E-state index in [0.717, 1.165) is 39.0 Å². The molecule has 6 nitrogen and oxygen atoms in total. The fourth-order valence-corrected chi connectivity index (χ4v) is 3.28. The number of morpholine rings is 1. The van der Waals surface area contributed by atoms with Crippen LogP contribution < -0.4 is 0 Å². The molecule has 1 aromatic heterocycles. The Kier molecular flexibility index (Phi) is 5.10. The minimum absolute atomic E-state index is 0.177. The van der Waals surface area contributed by atoms with Gasteiger partial charge in [-0.25, -0.2) is 0 Å². The van der Waals surface area contributed by atoms with Crippen molar-refractivity contribution in [2.24, 2.45) is 7.05 Å². The number of nitrogens with zero attached hydrogens (tertiary/aromatic N) is 4. The molecule has 22 heavy (non-hydrogen) atoms. The number of ether oxygens (including phenoxy) is 1. The molecule has 0 saturated carbocycles. The van der Waals surface area contributed by atoms with Crippen LogP contribution in [0.15, 0.2) is 12.3 Å². The molecule has 0 aromatic carbocycles. The van der Waals surface area contributed by atoms with Crippen molar-refractivity contribution in [3.05, 3.63) is 18.0 Å². The average molecular weight is 306 g/mol. The van der Waals surface area contributed by atoms with E-state index in [1.54, 1.807) is 0 Å². The number of aryl methyl sites for hydroxylation is 1. The Labute approximate surface area is 132 Å². The number of hydrogen-bond acceptors (Lipinski definition) is 4. The molecule has 6 heteroatoms. The number of aromatic nitrogens is 2. The van der Waals surface area contributed by atoms with E-state index < -0.39 is 0 Å². The van der Waals surface area contributed by atoms with Crippen molar-refractivity contribution in [2.45, 2.75) is 38.3 Å². The van der Waals surface area contributed by atoms with Crippen LogP contribution in [0, 0.1) is 0 Å². The summed E-state index contributed by atoms with van der Waals surface area (Å²) in [7, 11) is 1.95. The molecule has 2 aliphatic rings. The van der Waals surface area contributed by atoms with Crippen LogP contribution in [-0.2, 0) is 23.1 Å². The number of hydrogen-bond donors (Lipinski definition) is 0. The molecular formula is C16H26N4O2. The summed E-state index contributed by atoms with van der Waals surface area (Å²) in [5, 5.41) is 4.20. The zero-order chi connectivity index (χ0) is 15.4. The Morgan fingerprint density at radius 2 is 2.05 bits per heavy atom. The van der Waals surface area contributed by atoms with Gasteiger partial charge in [0.15, 0.2) is 0 Å². The van der Waals surface area contributed by atoms with Gasteiger partial charge in [-0.3, -0.25) is 14.4 Å². The first-order chi connectivity index (χ1) is 10.7. The Bertz CT molecular complexity index is 494. The molecule has 2 saturated heterocycles. The van der Waals surface area contributed by atoms with Gasteiger partial charge in [-0.05, 0) is 18.9 Å². The lowest BCUT2D eigenvalue weighted by Crippen LogP contribution is -2.51. The van der Waals surface area contributed by atoms with Gasteiger partial charge >= 0.3 is 0 Å². The van der Waals surface area contributed by atoms with Crippen LogP contribution in [0.25, 0.3) is 0 Å². The molecule has 1 atom stereocenters. The smallest absolute Gasteiger partial charge is 0.253 e. The van der Waals surface area contributed by atoms with Gasteiger partial charge in [0.1, 0.15) is 6.10 Å². The molecule has 2 aliphatic heterocycles. The molecule has 1 unspecified atom stereocenters. The molecule has 2 fully saturated rings. The van der Waals surface area contributed by atoms with Crippen molar-refractivity contribution in [2.75, 3.05) is 32.8 Å². The maximum atomic E-state index is 12.7. The summed E-state index contributed by atoms with van der Waals surface area (Å²) in [5.41, 5.74) is 1.17. The van der Waals surface area contributed by atoms with Crippen molar-refractivity contribution in [3.63, 3.8) is 0 Å². The lowest BCUT2D eigenvalue weighted by molar-refractivity contribution is -0.149. The summed E-state index contributed by atoms with van der Waals surface area (Å²) in [6, 6.07) is 2.03. The third-order valence-corrected chi connectivity index (χ3v) is 4.65. The predicted molar refractivity (Wildman–Crippen MR) is 83.3 cm³/mol. The van der Waals surface area contributed by atoms with Gasteiger partial charge in [-0.1, -0.05) is 12.8 Å². The van der Waals surface area contributed by atoms with E-state index in [1.807, 2.05) is 28.9 Å². The van der Waals surface area contributed by atoms with Crippen molar-refractivity contribution in [1.82, 2.24) is 19.6 Å². The second-order valence-electron chi connectivity index (χ2n) is 6.28. The Morgan fingerprint density at radius 3 is 2.73 bits per heavy atom. The molecule has 0 spiro atoms. The topological polar surface area (TPSA) is 50.6 Å². The second-order valence-corrected chi connectivity index (χ2v) is 6.28. The first kappa shape index (κ1) is 15.5. The monoisotopic (exact) mass is 306 g/mol. The normalized spacial score (nSPS) is 24.2. The van der Waals surface area contributed by atoms with Gasteiger partial charge in [0, 0.05) is 46.0 Å². The molecule has 1 aromatic rings. The van der Waals surface area contributed by atoms with Gasteiger partial charge in [0.25, 0.3) is 5.91 Å². The largest absolute Gasteiger partial charge is 0.366 e. The zero-order valence-electron chi connectivity index (χ0n) is 13.4. The highest BCUT2D eigenvalue weighted by Crippen LogP contribution is 2.15. The van der Waals surface area contributed by atoms with Crippen LogP contribution in [0.3, 0.4) is 0 Å². The summed E-state index contributed by atoms with van der Waals surface area (Å²) in [6.45, 7) is 4.78. The number of amides is 1. The molecule has 0 N–H and O–H groups in total. The van der Waals surface area contributed by atoms with Gasteiger partial charge in [0.05, 0.1) is 12.3 Å². The maximum absolute atomic E-state index is 12.7. The molecule has 0 bridgehead atoms. The van der Waals surface area contributed by atoms with Crippen LogP contribution in [0.5, 0.6) is 0 Å². The Hall–Kier alpha value is -1.40. The van der Waals surface area contributed by atoms with Gasteiger partial charge in [0.2, 0.25) is 0 Å². The summed E-state index contributed by atoms with van der Waals surface area (Å²) >= 11 is 0. The van der Waals surface area contributed by atoms with E-state index in [9.17, 15) is 4.79 Å². The number of carbonyl (C=O) groups excluding carboxylic acids is 1. The van der Waals surface area contributed by atoms with Crippen LogP contribution in [0.4, 0.5) is 0 Å². The second kappa shape index (κ2) is 7.24. The average Bonchev–Trinajstić information content (AvgIpc) is 2.79. The summed E-state index contributed by atoms with van der Waals surface area (Å²) in [4.78, 5) is 17.0. The first-order valence-electron chi connectivity index (χ1n) is 8.33. The van der Waals surface area contributed by atoms with Gasteiger partial charge in [-0.2, -0.15) is 5.10 Å². The SMILES string of the molecule is Cn1nccc1CN1CCOC(C(=O)N2CCCCCC2)C1. The van der Waals surface area contributed by atoms with E-state index >= 15 is 0 Å². The fourth-order valence-electron chi connectivity index (χ4n) is 3.28. The quantitative estimate of drug-likeness (QED) is 0.837. The minimum Gasteiger partial charge on any atom is -0.366 e. The Morgan fingerprint density at radius 1 is 1.27 bits per heavy atom. The lowest BCUT2D eigenvalue weighted by atomic mass is 10.2. The van der Waals surface area contributed by atoms with E-state index in [1.165, 1.54) is 18.5 Å². The van der Waals surface area contributed by atoms with Crippen LogP contribution in [0.1, 0.15) is 31.4 Å².